The number of nitrogens with zero attached hydrogens (tertiary/aromatic N) is 1. The molecule has 0 radical (unpaired) electrons. The summed E-state index contributed by atoms with van der Waals surface area (Å²) in [6, 6.07) is 12.1. The topological polar surface area (TPSA) is 60.1 Å². The molecule has 1 atom stereocenters. The number of carbonyl (C=O) groups excluding carboxylic acids is 1. The number of aryl methyl sites for hydroxylation is 1. The highest BCUT2D eigenvalue weighted by molar-refractivity contribution is 5.96. The Morgan fingerprint density at radius 2 is 1.96 bits per heavy atom. The van der Waals surface area contributed by atoms with E-state index in [9.17, 15) is 4.79 Å². The molecule has 1 aromatic carbocycles. The second kappa shape index (κ2) is 5.85. The lowest BCUT2D eigenvalue weighted by atomic mass is 9.95. The summed E-state index contributed by atoms with van der Waals surface area (Å²) in [7, 11) is 0. The molecule has 0 bridgehead atoms. The minimum atomic E-state index is -0.299. The number of nitrogens with one attached hydrogen (secondary N) is 1. The van der Waals surface area contributed by atoms with Crippen LogP contribution >= 0.6 is 0 Å². The quantitative estimate of drug-likeness (QED) is 0.892. The fourth-order valence-electron chi connectivity index (χ4n) is 3.33. The van der Waals surface area contributed by atoms with Gasteiger partial charge in [-0.25, -0.2) is 0 Å². The second-order valence-corrected chi connectivity index (χ2v) is 6.81. The van der Waals surface area contributed by atoms with E-state index in [1.165, 1.54) is 0 Å². The first-order valence-electron chi connectivity index (χ1n) is 8.23. The van der Waals surface area contributed by atoms with Gasteiger partial charge in [0.1, 0.15) is 0 Å². The highest BCUT2D eigenvalue weighted by Crippen LogP contribution is 2.39. The molecule has 2 aromatic rings. The smallest absolute Gasteiger partial charge is 0.253 e. The van der Waals surface area contributed by atoms with Crippen molar-refractivity contribution in [2.45, 2.75) is 39.2 Å². The average molecular weight is 311 g/mol. The maximum absolute atomic E-state index is 12.8. The summed E-state index contributed by atoms with van der Waals surface area (Å²) in [5, 5.41) is 3.18. The minimum Gasteiger partial charge on any atom is -0.345 e. The number of amides is 1. The lowest BCUT2D eigenvalue weighted by molar-refractivity contribution is 0.0897. The Kier molecular flexibility index (Phi) is 4.02. The summed E-state index contributed by atoms with van der Waals surface area (Å²) in [6.07, 6.45) is 2.30. The summed E-state index contributed by atoms with van der Waals surface area (Å²) in [5.74, 6) is 0.481. The van der Waals surface area contributed by atoms with Gasteiger partial charge in [0.15, 0.2) is 0 Å². The van der Waals surface area contributed by atoms with Crippen LogP contribution in [-0.2, 0) is 0 Å². The van der Waals surface area contributed by atoms with Crippen LogP contribution in [0, 0.1) is 19.8 Å². The van der Waals surface area contributed by atoms with Crippen molar-refractivity contribution in [3.63, 3.8) is 0 Å². The van der Waals surface area contributed by atoms with Crippen LogP contribution in [0.5, 0.6) is 0 Å². The Labute approximate surface area is 137 Å². The van der Waals surface area contributed by atoms with E-state index in [0.29, 0.717) is 12.5 Å². The molecular weight excluding hydrogens is 286 g/mol. The molecule has 122 valence electrons. The number of benzene rings is 1. The number of carbonyl (C=O) groups is 1. The molecule has 1 aromatic heterocycles. The molecule has 1 heterocycles. The van der Waals surface area contributed by atoms with Gasteiger partial charge in [0.05, 0.1) is 11.1 Å². The zero-order valence-electron chi connectivity index (χ0n) is 14.1. The Hall–Kier alpha value is -2.07. The number of nitrogens with two attached hydrogens (primary N) is 1. The van der Waals surface area contributed by atoms with Crippen LogP contribution in [0.15, 0.2) is 36.4 Å². The van der Waals surface area contributed by atoms with E-state index in [0.717, 1.165) is 35.5 Å². The summed E-state index contributed by atoms with van der Waals surface area (Å²) in [5.41, 5.74) is 9.44. The van der Waals surface area contributed by atoms with Crippen molar-refractivity contribution in [2.24, 2.45) is 11.7 Å². The molecule has 23 heavy (non-hydrogen) atoms. The molecule has 3 N–H and O–H groups in total. The molecule has 1 aliphatic carbocycles. The van der Waals surface area contributed by atoms with E-state index >= 15 is 0 Å². The van der Waals surface area contributed by atoms with Crippen LogP contribution in [0.2, 0.25) is 0 Å². The molecule has 1 amide bonds. The zero-order valence-corrected chi connectivity index (χ0v) is 14.1. The Bertz CT molecular complexity index is 716. The number of rotatable bonds is 5. The van der Waals surface area contributed by atoms with Crippen LogP contribution in [0.25, 0.3) is 5.69 Å². The molecule has 1 aliphatic rings. The van der Waals surface area contributed by atoms with Crippen LogP contribution in [0.3, 0.4) is 0 Å². The summed E-state index contributed by atoms with van der Waals surface area (Å²) in [4.78, 5) is 12.8. The fraction of sp³-hybridized carbons (Fsp3) is 0.421. The van der Waals surface area contributed by atoms with E-state index < -0.39 is 0 Å². The molecule has 1 saturated carbocycles. The Balaban J connectivity index is 1.90. The van der Waals surface area contributed by atoms with Crippen molar-refractivity contribution < 1.29 is 4.79 Å². The highest BCUT2D eigenvalue weighted by Gasteiger charge is 2.41. The van der Waals surface area contributed by atoms with Crippen molar-refractivity contribution in [1.82, 2.24) is 9.88 Å². The lowest BCUT2D eigenvalue weighted by Gasteiger charge is -2.29. The molecule has 0 saturated heterocycles. The normalized spacial score (nSPS) is 16.9. The molecule has 3 rings (SSSR count). The van der Waals surface area contributed by atoms with Gasteiger partial charge < -0.3 is 15.6 Å². The molecule has 4 heteroatoms. The van der Waals surface area contributed by atoms with Gasteiger partial charge in [0.2, 0.25) is 0 Å². The number of para-hydroxylation sites is 1. The van der Waals surface area contributed by atoms with Crippen LogP contribution in [0.1, 0.15) is 41.5 Å². The average Bonchev–Trinajstić information content (AvgIpc) is 3.35. The molecule has 0 spiro atoms. The van der Waals surface area contributed by atoms with Crippen molar-refractivity contribution >= 4 is 5.91 Å². The first kappa shape index (κ1) is 15.8. The van der Waals surface area contributed by atoms with Crippen molar-refractivity contribution in [3.05, 3.63) is 53.3 Å². The SMILES string of the molecule is Cc1cc(C(=O)NC(C)(CN)C2CC2)c(C)n1-c1ccccc1. The van der Waals surface area contributed by atoms with Gasteiger partial charge >= 0.3 is 0 Å². The zero-order chi connectivity index (χ0) is 16.6. The maximum atomic E-state index is 12.8. The third-order valence-electron chi connectivity index (χ3n) is 4.99. The fourth-order valence-corrected chi connectivity index (χ4v) is 3.33. The van der Waals surface area contributed by atoms with E-state index in [2.05, 4.69) is 28.9 Å². The second-order valence-electron chi connectivity index (χ2n) is 6.81. The monoisotopic (exact) mass is 311 g/mol. The third-order valence-corrected chi connectivity index (χ3v) is 4.99. The first-order chi connectivity index (χ1) is 11.0. The molecule has 0 aliphatic heterocycles. The number of aromatic nitrogens is 1. The molecule has 4 nitrogen and oxygen atoms in total. The lowest BCUT2D eigenvalue weighted by Crippen LogP contribution is -2.53. The van der Waals surface area contributed by atoms with Gasteiger partial charge in [-0.1, -0.05) is 18.2 Å². The van der Waals surface area contributed by atoms with Gasteiger partial charge in [0, 0.05) is 23.6 Å². The highest BCUT2D eigenvalue weighted by atomic mass is 16.1. The summed E-state index contributed by atoms with van der Waals surface area (Å²) >= 11 is 0. The number of hydrogen-bond acceptors (Lipinski definition) is 2. The van der Waals surface area contributed by atoms with Crippen LogP contribution < -0.4 is 11.1 Å². The third kappa shape index (κ3) is 2.91. The van der Waals surface area contributed by atoms with Crippen LogP contribution in [-0.4, -0.2) is 22.6 Å². The molecule has 1 fully saturated rings. The van der Waals surface area contributed by atoms with Gasteiger partial charge in [0.25, 0.3) is 5.91 Å². The predicted molar refractivity (Wildman–Crippen MR) is 92.9 cm³/mol. The molecular formula is C19H25N3O. The summed E-state index contributed by atoms with van der Waals surface area (Å²) in [6.45, 7) is 6.55. The maximum Gasteiger partial charge on any atom is 0.253 e. The van der Waals surface area contributed by atoms with Crippen molar-refractivity contribution in [2.75, 3.05) is 6.54 Å². The van der Waals surface area contributed by atoms with E-state index in [4.69, 9.17) is 5.73 Å². The Morgan fingerprint density at radius 3 is 2.52 bits per heavy atom. The minimum absolute atomic E-state index is 0.0277. The standard InChI is InChI=1S/C19H25N3O/c1-13-11-17(14(2)22(13)16-7-5-4-6-8-16)18(23)21-19(3,12-20)15-9-10-15/h4-8,11,15H,9-10,12,20H2,1-3H3,(H,21,23). The van der Waals surface area contributed by atoms with Crippen LogP contribution in [0.4, 0.5) is 0 Å². The number of hydrogen-bond donors (Lipinski definition) is 2. The molecule has 1 unspecified atom stereocenters. The van der Waals surface area contributed by atoms with Gasteiger partial charge in [-0.15, -0.1) is 0 Å². The van der Waals surface area contributed by atoms with Crippen molar-refractivity contribution in [1.29, 1.82) is 0 Å². The van der Waals surface area contributed by atoms with E-state index in [1.54, 1.807) is 0 Å². The van der Waals surface area contributed by atoms with Gasteiger partial charge in [-0.2, -0.15) is 0 Å². The van der Waals surface area contributed by atoms with Crippen molar-refractivity contribution in [3.8, 4) is 5.69 Å². The largest absolute Gasteiger partial charge is 0.345 e. The van der Waals surface area contributed by atoms with E-state index in [1.807, 2.05) is 38.1 Å². The summed E-state index contributed by atoms with van der Waals surface area (Å²) < 4.78 is 2.12. The van der Waals surface area contributed by atoms with Gasteiger partial charge in [-0.3, -0.25) is 4.79 Å². The Morgan fingerprint density at radius 1 is 1.30 bits per heavy atom. The van der Waals surface area contributed by atoms with E-state index in [-0.39, 0.29) is 11.4 Å². The van der Waals surface area contributed by atoms with Gasteiger partial charge in [-0.05, 0) is 57.7 Å². The first-order valence-corrected chi connectivity index (χ1v) is 8.23. The predicted octanol–water partition coefficient (Wildman–Crippen LogP) is 2.95.